The van der Waals surface area contributed by atoms with Crippen LogP contribution in [-0.2, 0) is 15.1 Å². The normalized spacial score (nSPS) is 25.4. The molecule has 2 aliphatic rings. The third kappa shape index (κ3) is 1.92. The molecule has 2 heterocycles. The summed E-state index contributed by atoms with van der Waals surface area (Å²) in [7, 11) is 0. The molecule has 5 heteroatoms. The van der Waals surface area contributed by atoms with Crippen LogP contribution in [0.4, 0.5) is 4.39 Å². The summed E-state index contributed by atoms with van der Waals surface area (Å²) in [6, 6.07) is 3.24. The Morgan fingerprint density at radius 3 is 2.44 bits per heavy atom. The second-order valence-electron chi connectivity index (χ2n) is 4.98. The highest BCUT2D eigenvalue weighted by molar-refractivity contribution is 5.21. The van der Waals surface area contributed by atoms with Gasteiger partial charge in [0.05, 0.1) is 18.8 Å². The van der Waals surface area contributed by atoms with Crippen molar-refractivity contribution in [2.75, 3.05) is 13.2 Å². The molecule has 1 aromatic heterocycles. The second-order valence-corrected chi connectivity index (χ2v) is 4.98. The maximum atomic E-state index is 13.7. The van der Waals surface area contributed by atoms with Crippen LogP contribution in [0, 0.1) is 5.95 Å². The summed E-state index contributed by atoms with van der Waals surface area (Å²) in [6.07, 6.45) is 3.40. The number of ether oxygens (including phenoxy) is 2. The maximum absolute atomic E-state index is 13.7. The first-order valence-corrected chi connectivity index (χ1v) is 6.25. The zero-order valence-electron chi connectivity index (χ0n) is 10.1. The molecular weight excluding hydrogens is 237 g/mol. The highest BCUT2D eigenvalue weighted by Gasteiger charge is 2.47. The van der Waals surface area contributed by atoms with Gasteiger partial charge < -0.3 is 14.6 Å². The molecule has 0 bridgehead atoms. The monoisotopic (exact) mass is 253 g/mol. The summed E-state index contributed by atoms with van der Waals surface area (Å²) < 4.78 is 24.9. The van der Waals surface area contributed by atoms with Gasteiger partial charge in [0.25, 0.3) is 0 Å². The zero-order valence-corrected chi connectivity index (χ0v) is 10.1. The fourth-order valence-corrected chi connectivity index (χ4v) is 2.83. The van der Waals surface area contributed by atoms with Crippen LogP contribution in [0.5, 0.6) is 0 Å². The van der Waals surface area contributed by atoms with E-state index in [4.69, 9.17) is 9.47 Å². The first kappa shape index (κ1) is 12.0. The predicted octanol–water partition coefficient (Wildman–Crippen LogP) is 1.73. The topological polar surface area (TPSA) is 51.6 Å². The van der Waals surface area contributed by atoms with Crippen LogP contribution < -0.4 is 0 Å². The van der Waals surface area contributed by atoms with Crippen LogP contribution >= 0.6 is 0 Å². The number of nitrogens with zero attached hydrogens (tertiary/aromatic N) is 1. The van der Waals surface area contributed by atoms with Gasteiger partial charge in [-0.05, 0) is 18.9 Å². The molecule has 98 valence electrons. The fourth-order valence-electron chi connectivity index (χ4n) is 2.83. The van der Waals surface area contributed by atoms with Crippen LogP contribution in [0.2, 0.25) is 0 Å². The van der Waals surface area contributed by atoms with Crippen LogP contribution in [0.25, 0.3) is 0 Å². The largest absolute Gasteiger partial charge is 0.385 e. The number of pyridine rings is 1. The maximum Gasteiger partial charge on any atom is 0.218 e. The van der Waals surface area contributed by atoms with Crippen LogP contribution in [0.15, 0.2) is 18.3 Å². The first-order valence-electron chi connectivity index (χ1n) is 6.25. The molecule has 3 rings (SSSR count). The van der Waals surface area contributed by atoms with E-state index in [1.54, 1.807) is 12.1 Å². The van der Waals surface area contributed by atoms with Crippen molar-refractivity contribution in [3.05, 3.63) is 29.8 Å². The van der Waals surface area contributed by atoms with Crippen molar-refractivity contribution >= 4 is 0 Å². The molecule has 0 unspecified atom stereocenters. The SMILES string of the molecule is OC1(c2cccnc2F)CCC2(CC1)OCCO2. The Kier molecular flexibility index (Phi) is 2.84. The Bertz CT molecular complexity index is 436. The van der Waals surface area contributed by atoms with Gasteiger partial charge in [0, 0.05) is 24.6 Å². The summed E-state index contributed by atoms with van der Waals surface area (Å²) >= 11 is 0. The summed E-state index contributed by atoms with van der Waals surface area (Å²) in [4.78, 5) is 3.60. The summed E-state index contributed by atoms with van der Waals surface area (Å²) in [6.45, 7) is 1.19. The lowest BCUT2D eigenvalue weighted by molar-refractivity contribution is -0.204. The molecule has 0 amide bonds. The number of hydrogen-bond acceptors (Lipinski definition) is 4. The van der Waals surface area contributed by atoms with Gasteiger partial charge in [0.1, 0.15) is 0 Å². The fraction of sp³-hybridized carbons (Fsp3) is 0.615. The number of aliphatic hydroxyl groups is 1. The number of halogens is 1. The third-order valence-electron chi connectivity index (χ3n) is 3.91. The molecule has 1 aromatic rings. The standard InChI is InChI=1S/C13H16FNO3/c14-11-10(2-1-7-15-11)12(16)3-5-13(6-4-12)17-8-9-18-13/h1-2,7,16H,3-6,8-9H2. The van der Waals surface area contributed by atoms with Crippen molar-refractivity contribution in [2.24, 2.45) is 0 Å². The van der Waals surface area contributed by atoms with E-state index in [2.05, 4.69) is 4.98 Å². The summed E-state index contributed by atoms with van der Waals surface area (Å²) in [5, 5.41) is 10.6. The van der Waals surface area contributed by atoms with Crippen molar-refractivity contribution in [2.45, 2.75) is 37.1 Å². The molecule has 1 saturated heterocycles. The minimum absolute atomic E-state index is 0.276. The van der Waals surface area contributed by atoms with Crippen molar-refractivity contribution in [3.63, 3.8) is 0 Å². The van der Waals surface area contributed by atoms with Gasteiger partial charge in [-0.25, -0.2) is 4.98 Å². The average Bonchev–Trinajstić information content (AvgIpc) is 2.83. The van der Waals surface area contributed by atoms with E-state index in [0.717, 1.165) is 0 Å². The lowest BCUT2D eigenvalue weighted by Crippen LogP contribution is -2.42. The Labute approximate surface area is 105 Å². The van der Waals surface area contributed by atoms with E-state index in [0.29, 0.717) is 38.9 Å². The molecule has 2 fully saturated rings. The minimum Gasteiger partial charge on any atom is -0.385 e. The molecule has 0 aromatic carbocycles. The van der Waals surface area contributed by atoms with E-state index in [1.807, 2.05) is 0 Å². The van der Waals surface area contributed by atoms with Gasteiger partial charge >= 0.3 is 0 Å². The Balaban J connectivity index is 1.80. The molecule has 18 heavy (non-hydrogen) atoms. The molecule has 1 saturated carbocycles. The lowest BCUT2D eigenvalue weighted by atomic mass is 9.77. The van der Waals surface area contributed by atoms with E-state index in [1.165, 1.54) is 6.20 Å². The number of rotatable bonds is 1. The molecule has 1 aliphatic heterocycles. The van der Waals surface area contributed by atoms with Crippen molar-refractivity contribution < 1.29 is 19.0 Å². The highest BCUT2D eigenvalue weighted by Crippen LogP contribution is 2.45. The third-order valence-corrected chi connectivity index (χ3v) is 3.91. The van der Waals surface area contributed by atoms with Gasteiger partial charge in [0.15, 0.2) is 5.79 Å². The van der Waals surface area contributed by atoms with E-state index in [9.17, 15) is 9.50 Å². The van der Waals surface area contributed by atoms with Crippen molar-refractivity contribution in [1.29, 1.82) is 0 Å². The summed E-state index contributed by atoms with van der Waals surface area (Å²) in [5.41, 5.74) is -0.878. The molecule has 1 N–H and O–H groups in total. The molecule has 0 atom stereocenters. The number of aromatic nitrogens is 1. The number of hydrogen-bond donors (Lipinski definition) is 1. The Hall–Kier alpha value is -1.04. The average molecular weight is 253 g/mol. The van der Waals surface area contributed by atoms with Crippen LogP contribution in [0.1, 0.15) is 31.2 Å². The van der Waals surface area contributed by atoms with Crippen molar-refractivity contribution in [3.8, 4) is 0 Å². The van der Waals surface area contributed by atoms with E-state index >= 15 is 0 Å². The van der Waals surface area contributed by atoms with E-state index < -0.39 is 17.3 Å². The second kappa shape index (κ2) is 4.26. The van der Waals surface area contributed by atoms with Gasteiger partial charge in [0.2, 0.25) is 5.95 Å². The van der Waals surface area contributed by atoms with Gasteiger partial charge in [-0.3, -0.25) is 0 Å². The molecule has 0 radical (unpaired) electrons. The van der Waals surface area contributed by atoms with Crippen LogP contribution in [0.3, 0.4) is 0 Å². The molecule has 1 aliphatic carbocycles. The van der Waals surface area contributed by atoms with Crippen molar-refractivity contribution in [1.82, 2.24) is 4.98 Å². The van der Waals surface area contributed by atoms with Crippen LogP contribution in [-0.4, -0.2) is 29.1 Å². The summed E-state index contributed by atoms with van der Waals surface area (Å²) in [5.74, 6) is -1.14. The van der Waals surface area contributed by atoms with Gasteiger partial charge in [-0.1, -0.05) is 6.07 Å². The first-order chi connectivity index (χ1) is 8.64. The molecule has 1 spiro atoms. The Morgan fingerprint density at radius 1 is 1.17 bits per heavy atom. The Morgan fingerprint density at radius 2 is 1.83 bits per heavy atom. The van der Waals surface area contributed by atoms with E-state index in [-0.39, 0.29) is 5.56 Å². The minimum atomic E-state index is -1.15. The smallest absolute Gasteiger partial charge is 0.218 e. The molecule has 4 nitrogen and oxygen atoms in total. The van der Waals surface area contributed by atoms with Gasteiger partial charge in [-0.15, -0.1) is 0 Å². The highest BCUT2D eigenvalue weighted by atomic mass is 19.1. The lowest BCUT2D eigenvalue weighted by Gasteiger charge is -2.40. The zero-order chi connectivity index (χ0) is 12.6. The quantitative estimate of drug-likeness (QED) is 0.774. The predicted molar refractivity (Wildman–Crippen MR) is 61.2 cm³/mol. The van der Waals surface area contributed by atoms with Gasteiger partial charge in [-0.2, -0.15) is 4.39 Å². The molecular formula is C13H16FNO3.